The first-order chi connectivity index (χ1) is 6.72. The monoisotopic (exact) mass is 195 g/mol. The van der Waals surface area contributed by atoms with E-state index < -0.39 is 0 Å². The Morgan fingerprint density at radius 3 is 2.57 bits per heavy atom. The van der Waals surface area contributed by atoms with E-state index in [1.807, 2.05) is 6.08 Å². The van der Waals surface area contributed by atoms with Gasteiger partial charge in [0, 0.05) is 6.92 Å². The van der Waals surface area contributed by atoms with Gasteiger partial charge >= 0.3 is 5.70 Å². The van der Waals surface area contributed by atoms with E-state index in [2.05, 4.69) is 18.0 Å². The van der Waals surface area contributed by atoms with Crippen LogP contribution in [0.15, 0.2) is 23.6 Å². The quantitative estimate of drug-likeness (QED) is 0.299. The Balaban J connectivity index is 3.72. The van der Waals surface area contributed by atoms with Crippen LogP contribution in [0.2, 0.25) is 0 Å². The van der Waals surface area contributed by atoms with Crippen molar-refractivity contribution in [3.63, 3.8) is 0 Å². The van der Waals surface area contributed by atoms with Gasteiger partial charge in [-0.2, -0.15) is 0 Å². The molecule has 78 valence electrons. The summed E-state index contributed by atoms with van der Waals surface area (Å²) in [5.41, 5.74) is 0.330. The lowest BCUT2D eigenvalue weighted by Crippen LogP contribution is -1.80. The van der Waals surface area contributed by atoms with Gasteiger partial charge in [-0.15, -0.1) is 0 Å². The highest BCUT2D eigenvalue weighted by Crippen LogP contribution is 2.09. The molecule has 0 saturated heterocycles. The molecule has 0 aliphatic rings. The van der Waals surface area contributed by atoms with Gasteiger partial charge in [-0.25, -0.2) is 0 Å². The number of unbranched alkanes of at least 4 members (excludes halogenated alkanes) is 3. The van der Waals surface area contributed by atoms with Crippen molar-refractivity contribution in [2.75, 3.05) is 0 Å². The van der Waals surface area contributed by atoms with E-state index in [0.29, 0.717) is 12.1 Å². The Morgan fingerprint density at radius 2 is 2.07 bits per heavy atom. The lowest BCUT2D eigenvalue weighted by Gasteiger charge is -1.90. The van der Waals surface area contributed by atoms with Crippen LogP contribution >= 0.6 is 0 Å². The van der Waals surface area contributed by atoms with Crippen LogP contribution in [-0.4, -0.2) is 5.11 Å². The maximum atomic E-state index is 9.04. The number of hydrogen-bond acceptors (Lipinski definition) is 2. The summed E-state index contributed by atoms with van der Waals surface area (Å²) in [6.45, 7) is 3.68. The van der Waals surface area contributed by atoms with Gasteiger partial charge in [0.05, 0.1) is 6.42 Å². The Kier molecular flexibility index (Phi) is 7.53. The fraction of sp³-hybridized carbons (Fsp3) is 0.636. The molecule has 3 heteroatoms. The maximum absolute atomic E-state index is 9.04. The largest absolute Gasteiger partial charge is 0.505 e. The van der Waals surface area contributed by atoms with Crippen LogP contribution in [0.4, 0.5) is 0 Å². The number of aliphatic hydroxyl groups is 1. The molecule has 14 heavy (non-hydrogen) atoms. The van der Waals surface area contributed by atoms with Crippen LogP contribution in [0.25, 0.3) is 4.98 Å². The van der Waals surface area contributed by atoms with Gasteiger partial charge < -0.3 is 5.11 Å². The SMILES string of the molecule is CCCCC/C=C\C/C([N+]#N)=C(/C)O. The zero-order chi connectivity index (χ0) is 10.8. The Hall–Kier alpha value is -1.30. The summed E-state index contributed by atoms with van der Waals surface area (Å²) in [7, 11) is 0. The van der Waals surface area contributed by atoms with E-state index in [0.717, 1.165) is 6.42 Å². The van der Waals surface area contributed by atoms with Crippen LogP contribution < -0.4 is 0 Å². The molecule has 0 aromatic carbocycles. The minimum absolute atomic E-state index is 0.0747. The Bertz CT molecular complexity index is 245. The van der Waals surface area contributed by atoms with Crippen molar-refractivity contribution >= 4 is 0 Å². The molecule has 0 rings (SSSR count). The van der Waals surface area contributed by atoms with Crippen molar-refractivity contribution in [3.8, 4) is 0 Å². The second kappa shape index (κ2) is 8.31. The summed E-state index contributed by atoms with van der Waals surface area (Å²) in [4.78, 5) is 3.00. The van der Waals surface area contributed by atoms with Crippen LogP contribution in [0, 0.1) is 5.39 Å². The molecule has 0 unspecified atom stereocenters. The van der Waals surface area contributed by atoms with Crippen molar-refractivity contribution in [2.45, 2.75) is 46.0 Å². The zero-order valence-electron chi connectivity index (χ0n) is 9.03. The molecule has 0 aromatic heterocycles. The molecule has 0 atom stereocenters. The van der Waals surface area contributed by atoms with Gasteiger partial charge in [0.25, 0.3) is 0 Å². The van der Waals surface area contributed by atoms with Crippen LogP contribution in [0.1, 0.15) is 46.0 Å². The molecule has 0 bridgehead atoms. The van der Waals surface area contributed by atoms with Crippen molar-refractivity contribution < 1.29 is 5.11 Å². The second-order valence-electron chi connectivity index (χ2n) is 3.30. The van der Waals surface area contributed by atoms with Gasteiger partial charge in [0.1, 0.15) is 0 Å². The number of diazo groups is 1. The van der Waals surface area contributed by atoms with E-state index in [1.54, 1.807) is 0 Å². The average molecular weight is 195 g/mol. The highest BCUT2D eigenvalue weighted by atomic mass is 16.3. The smallest absolute Gasteiger partial charge is 0.401 e. The maximum Gasteiger partial charge on any atom is 0.401 e. The molecule has 0 radical (unpaired) electrons. The molecule has 0 aliphatic carbocycles. The lowest BCUT2D eigenvalue weighted by atomic mass is 10.2. The van der Waals surface area contributed by atoms with Crippen LogP contribution in [0.5, 0.6) is 0 Å². The molecule has 0 fully saturated rings. The fourth-order valence-corrected chi connectivity index (χ4v) is 1.09. The third-order valence-electron chi connectivity index (χ3n) is 1.99. The molecule has 0 amide bonds. The van der Waals surface area contributed by atoms with Crippen molar-refractivity contribution in [1.29, 1.82) is 5.39 Å². The van der Waals surface area contributed by atoms with Crippen molar-refractivity contribution in [3.05, 3.63) is 28.6 Å². The van der Waals surface area contributed by atoms with Crippen LogP contribution in [-0.2, 0) is 0 Å². The van der Waals surface area contributed by atoms with Crippen LogP contribution in [0.3, 0.4) is 0 Å². The summed E-state index contributed by atoms with van der Waals surface area (Å²) in [6, 6.07) is 0. The first kappa shape index (κ1) is 12.7. The molecule has 0 aromatic rings. The van der Waals surface area contributed by atoms with E-state index >= 15 is 0 Å². The molecule has 0 saturated carbocycles. The number of aliphatic hydroxyl groups excluding tert-OH is 1. The molecule has 1 N–H and O–H groups in total. The van der Waals surface area contributed by atoms with E-state index in [-0.39, 0.29) is 5.76 Å². The normalized spacial score (nSPS) is 12.6. The molecule has 0 aliphatic heterocycles. The van der Waals surface area contributed by atoms with Gasteiger partial charge in [0.15, 0.2) is 10.7 Å². The first-order valence-electron chi connectivity index (χ1n) is 5.11. The number of rotatable bonds is 6. The molecule has 0 heterocycles. The topological polar surface area (TPSA) is 48.4 Å². The standard InChI is InChI=1S/C11H18N2O/c1-3-4-5-6-7-8-9-11(13-12)10(2)14/h7-8H,3-6,9H2,1-2H3/p+1/b8-7-,11-10+. The Morgan fingerprint density at radius 1 is 1.36 bits per heavy atom. The summed E-state index contributed by atoms with van der Waals surface area (Å²) < 4.78 is 0. The van der Waals surface area contributed by atoms with Gasteiger partial charge in [0.2, 0.25) is 5.39 Å². The van der Waals surface area contributed by atoms with Gasteiger partial charge in [-0.1, -0.05) is 31.9 Å². The third kappa shape index (κ3) is 6.24. The number of hydrogen-bond donors (Lipinski definition) is 1. The summed E-state index contributed by atoms with van der Waals surface area (Å²) >= 11 is 0. The average Bonchev–Trinajstić information content (AvgIpc) is 2.16. The summed E-state index contributed by atoms with van der Waals surface area (Å²) in [5.74, 6) is 0.0747. The lowest BCUT2D eigenvalue weighted by molar-refractivity contribution is 0.407. The minimum Gasteiger partial charge on any atom is -0.505 e. The fourth-order valence-electron chi connectivity index (χ4n) is 1.09. The number of nitrogens with zero attached hydrogens (tertiary/aromatic N) is 2. The number of allylic oxidation sites excluding steroid dienone is 3. The summed E-state index contributed by atoms with van der Waals surface area (Å²) in [5, 5.41) is 17.6. The minimum atomic E-state index is 0.0747. The summed E-state index contributed by atoms with van der Waals surface area (Å²) in [6.07, 6.45) is 9.19. The third-order valence-corrected chi connectivity index (χ3v) is 1.99. The second-order valence-corrected chi connectivity index (χ2v) is 3.30. The highest BCUT2D eigenvalue weighted by molar-refractivity contribution is 5.15. The van der Waals surface area contributed by atoms with E-state index in [4.69, 9.17) is 10.5 Å². The highest BCUT2D eigenvalue weighted by Gasteiger charge is 2.11. The first-order valence-corrected chi connectivity index (χ1v) is 5.11. The van der Waals surface area contributed by atoms with Crippen molar-refractivity contribution in [1.82, 2.24) is 0 Å². The van der Waals surface area contributed by atoms with Gasteiger partial charge in [-0.3, -0.25) is 0 Å². The molecular weight excluding hydrogens is 176 g/mol. The molecule has 0 spiro atoms. The Labute approximate surface area is 85.8 Å². The predicted molar refractivity (Wildman–Crippen MR) is 58.3 cm³/mol. The van der Waals surface area contributed by atoms with E-state index in [1.165, 1.54) is 26.2 Å². The molecular formula is C11H19N2O+. The zero-order valence-corrected chi connectivity index (χ0v) is 9.03. The molecule has 3 nitrogen and oxygen atoms in total. The van der Waals surface area contributed by atoms with E-state index in [9.17, 15) is 0 Å². The van der Waals surface area contributed by atoms with Gasteiger partial charge in [-0.05, 0) is 12.8 Å². The van der Waals surface area contributed by atoms with Crippen molar-refractivity contribution in [2.24, 2.45) is 0 Å². The predicted octanol–water partition coefficient (Wildman–Crippen LogP) is 4.16.